The molecule has 0 bridgehead atoms. The van der Waals surface area contributed by atoms with E-state index in [0.29, 0.717) is 12.8 Å². The SMILES string of the molecule is CC/C=C\C/C=C\C/C=C\C/C=C\C/C=C\CCCCCCCCCCCC(=O)OC(COC(=O)CCCCCCC/C=C\C/C=C\C/C=C\C/C=C\C/C=C\CC)COP(=O)(O)OCCN. The van der Waals surface area contributed by atoms with Crippen molar-refractivity contribution in [2.75, 3.05) is 26.4 Å². The molecule has 0 aromatic carbocycles. The van der Waals surface area contributed by atoms with E-state index in [1.165, 1.54) is 32.1 Å². The van der Waals surface area contributed by atoms with Gasteiger partial charge in [0.25, 0.3) is 0 Å². The van der Waals surface area contributed by atoms with Gasteiger partial charge in [0.1, 0.15) is 6.61 Å². The monoisotopic (exact) mass is 952 g/mol. The van der Waals surface area contributed by atoms with Gasteiger partial charge in [-0.3, -0.25) is 18.6 Å². The fraction of sp³-hybridized carbons (Fsp3) is 0.614. The van der Waals surface area contributed by atoms with Gasteiger partial charge < -0.3 is 20.1 Å². The minimum Gasteiger partial charge on any atom is -0.462 e. The van der Waals surface area contributed by atoms with Crippen LogP contribution in [0.3, 0.4) is 0 Å². The quantitative estimate of drug-likeness (QED) is 0.0265. The van der Waals surface area contributed by atoms with E-state index in [9.17, 15) is 19.0 Å². The molecule has 380 valence electrons. The first-order valence-electron chi connectivity index (χ1n) is 26.0. The third kappa shape index (κ3) is 51.6. The standard InChI is InChI=1S/C57H94NO8P/c1-3-5-7-9-11-13-15-17-19-21-23-25-26-27-28-30-32-34-36-38-40-42-44-46-48-50-57(60)66-55(54-65-67(61,62)64-52-51-58)53-63-56(59)49-47-45-43-41-39-37-35-33-31-29-24-22-20-18-16-14-12-10-8-6-4-2/h5-8,11-14,17-20,23-25,27-29,33,35,55H,3-4,9-10,15-16,21-22,26,30-32,34,36-54,58H2,1-2H3,(H,61,62)/b7-5-,8-6-,13-11-,14-12-,19-17-,20-18-,25-23-,28-27-,29-24-,35-33-. The van der Waals surface area contributed by atoms with Crippen LogP contribution < -0.4 is 5.73 Å². The second-order valence-corrected chi connectivity index (χ2v) is 18.1. The molecule has 9 nitrogen and oxygen atoms in total. The number of carbonyl (C=O) groups is 2. The van der Waals surface area contributed by atoms with Crippen molar-refractivity contribution < 1.29 is 37.6 Å². The van der Waals surface area contributed by atoms with E-state index in [1.807, 2.05) is 0 Å². The first-order chi connectivity index (χ1) is 32.8. The predicted molar refractivity (Wildman–Crippen MR) is 284 cm³/mol. The molecule has 0 radical (unpaired) electrons. The second kappa shape index (κ2) is 51.8. The molecule has 0 aromatic rings. The summed E-state index contributed by atoms with van der Waals surface area (Å²) in [6, 6.07) is 0. The van der Waals surface area contributed by atoms with Crippen molar-refractivity contribution in [2.45, 2.75) is 200 Å². The van der Waals surface area contributed by atoms with E-state index >= 15 is 0 Å². The Labute approximate surface area is 409 Å². The molecule has 0 spiro atoms. The summed E-state index contributed by atoms with van der Waals surface area (Å²) in [4.78, 5) is 35.1. The lowest BCUT2D eigenvalue weighted by Gasteiger charge is -2.19. The number of hydrogen-bond acceptors (Lipinski definition) is 8. The minimum absolute atomic E-state index is 0.0423. The van der Waals surface area contributed by atoms with E-state index in [4.69, 9.17) is 24.3 Å². The number of hydrogen-bond donors (Lipinski definition) is 2. The van der Waals surface area contributed by atoms with E-state index in [0.717, 1.165) is 122 Å². The van der Waals surface area contributed by atoms with E-state index in [2.05, 4.69) is 135 Å². The van der Waals surface area contributed by atoms with Crippen LogP contribution in [0.1, 0.15) is 194 Å². The molecular weight excluding hydrogens is 858 g/mol. The summed E-state index contributed by atoms with van der Waals surface area (Å²) in [5.41, 5.74) is 5.37. The Hall–Kier alpha value is -3.59. The lowest BCUT2D eigenvalue weighted by Crippen LogP contribution is -2.29. The lowest BCUT2D eigenvalue weighted by molar-refractivity contribution is -0.161. The highest BCUT2D eigenvalue weighted by Gasteiger charge is 2.26. The lowest BCUT2D eigenvalue weighted by atomic mass is 10.1. The molecular formula is C57H94NO8P. The number of esters is 2. The number of rotatable bonds is 47. The van der Waals surface area contributed by atoms with E-state index in [-0.39, 0.29) is 32.6 Å². The Bertz CT molecular complexity index is 1500. The maximum atomic E-state index is 12.7. The van der Waals surface area contributed by atoms with Crippen LogP contribution in [0.4, 0.5) is 0 Å². The summed E-state index contributed by atoms with van der Waals surface area (Å²) in [6.07, 6.45) is 70.9. The fourth-order valence-corrected chi connectivity index (χ4v) is 7.34. The normalized spacial score (nSPS) is 14.1. The predicted octanol–water partition coefficient (Wildman–Crippen LogP) is 16.1. The highest BCUT2D eigenvalue weighted by Crippen LogP contribution is 2.43. The zero-order valence-electron chi connectivity index (χ0n) is 42.1. The van der Waals surface area contributed by atoms with Gasteiger partial charge in [-0.15, -0.1) is 0 Å². The Morgan fingerprint density at radius 1 is 0.448 bits per heavy atom. The summed E-state index contributed by atoms with van der Waals surface area (Å²) in [5, 5.41) is 0. The molecule has 0 saturated heterocycles. The molecule has 67 heavy (non-hydrogen) atoms. The third-order valence-electron chi connectivity index (χ3n) is 10.3. The first-order valence-corrected chi connectivity index (χ1v) is 27.5. The van der Waals surface area contributed by atoms with Crippen LogP contribution >= 0.6 is 7.82 Å². The van der Waals surface area contributed by atoms with Crippen molar-refractivity contribution in [2.24, 2.45) is 5.73 Å². The molecule has 0 fully saturated rings. The average molecular weight is 952 g/mol. The molecule has 3 N–H and O–H groups in total. The minimum atomic E-state index is -4.40. The van der Waals surface area contributed by atoms with Crippen LogP contribution in [-0.2, 0) is 32.7 Å². The molecule has 2 unspecified atom stereocenters. The molecule has 0 aliphatic heterocycles. The maximum Gasteiger partial charge on any atom is 0.472 e. The topological polar surface area (TPSA) is 134 Å². The van der Waals surface area contributed by atoms with E-state index in [1.54, 1.807) is 0 Å². The molecule has 2 atom stereocenters. The smallest absolute Gasteiger partial charge is 0.462 e. The Kier molecular flexibility index (Phi) is 49.0. The highest BCUT2D eigenvalue weighted by molar-refractivity contribution is 7.47. The van der Waals surface area contributed by atoms with Crippen LogP contribution in [0.5, 0.6) is 0 Å². The molecule has 0 saturated carbocycles. The largest absolute Gasteiger partial charge is 0.472 e. The van der Waals surface area contributed by atoms with Crippen molar-refractivity contribution in [1.29, 1.82) is 0 Å². The van der Waals surface area contributed by atoms with Crippen LogP contribution in [-0.4, -0.2) is 49.3 Å². The second-order valence-electron chi connectivity index (χ2n) is 16.6. The summed E-state index contributed by atoms with van der Waals surface area (Å²) in [5.74, 6) is -0.867. The van der Waals surface area contributed by atoms with Gasteiger partial charge in [-0.25, -0.2) is 4.57 Å². The van der Waals surface area contributed by atoms with Gasteiger partial charge in [-0.05, 0) is 103 Å². The van der Waals surface area contributed by atoms with Gasteiger partial charge in [0, 0.05) is 19.4 Å². The van der Waals surface area contributed by atoms with Crippen LogP contribution in [0.2, 0.25) is 0 Å². The van der Waals surface area contributed by atoms with Gasteiger partial charge in [0.2, 0.25) is 0 Å². The maximum absolute atomic E-state index is 12.7. The molecule has 0 amide bonds. The third-order valence-corrected chi connectivity index (χ3v) is 11.3. The number of unbranched alkanes of at least 4 members (excludes halogenated alkanes) is 14. The van der Waals surface area contributed by atoms with Gasteiger partial charge >= 0.3 is 19.8 Å². The van der Waals surface area contributed by atoms with Gasteiger partial charge in [0.05, 0.1) is 13.2 Å². The fourth-order valence-electron chi connectivity index (χ4n) is 6.57. The first kappa shape index (κ1) is 63.4. The molecule has 0 rings (SSSR count). The van der Waals surface area contributed by atoms with Crippen molar-refractivity contribution in [3.63, 3.8) is 0 Å². The Morgan fingerprint density at radius 2 is 0.776 bits per heavy atom. The van der Waals surface area contributed by atoms with Crippen molar-refractivity contribution >= 4 is 19.8 Å². The summed E-state index contributed by atoms with van der Waals surface area (Å²) in [6.45, 7) is 3.47. The molecule has 10 heteroatoms. The average Bonchev–Trinajstić information content (AvgIpc) is 3.32. The highest BCUT2D eigenvalue weighted by atomic mass is 31.2. The van der Waals surface area contributed by atoms with Crippen LogP contribution in [0, 0.1) is 0 Å². The number of ether oxygens (including phenoxy) is 2. The van der Waals surface area contributed by atoms with Gasteiger partial charge in [0.15, 0.2) is 6.10 Å². The number of carbonyl (C=O) groups excluding carboxylic acids is 2. The van der Waals surface area contributed by atoms with Crippen LogP contribution in [0.25, 0.3) is 0 Å². The van der Waals surface area contributed by atoms with Crippen molar-refractivity contribution in [3.05, 3.63) is 122 Å². The zero-order chi connectivity index (χ0) is 48.8. The summed E-state index contributed by atoms with van der Waals surface area (Å²) >= 11 is 0. The number of nitrogens with two attached hydrogens (primary N) is 1. The van der Waals surface area contributed by atoms with Crippen LogP contribution in [0.15, 0.2) is 122 Å². The number of phosphoric acid groups is 1. The van der Waals surface area contributed by atoms with Gasteiger partial charge in [-0.1, -0.05) is 200 Å². The van der Waals surface area contributed by atoms with Crippen molar-refractivity contribution in [1.82, 2.24) is 0 Å². The number of phosphoric ester groups is 1. The van der Waals surface area contributed by atoms with E-state index < -0.39 is 32.5 Å². The number of allylic oxidation sites excluding steroid dienone is 20. The molecule has 0 aliphatic carbocycles. The zero-order valence-corrected chi connectivity index (χ0v) is 43.0. The Balaban J connectivity index is 4.13. The summed E-state index contributed by atoms with van der Waals surface area (Å²) < 4.78 is 32.9. The van der Waals surface area contributed by atoms with Gasteiger partial charge in [-0.2, -0.15) is 0 Å². The molecule has 0 aliphatic rings. The molecule has 0 aromatic heterocycles. The molecule has 0 heterocycles. The Morgan fingerprint density at radius 3 is 1.15 bits per heavy atom. The van der Waals surface area contributed by atoms with Crippen molar-refractivity contribution in [3.8, 4) is 0 Å². The summed E-state index contributed by atoms with van der Waals surface area (Å²) in [7, 11) is -4.40.